The normalized spacial score (nSPS) is 12.3. The fourth-order valence-corrected chi connectivity index (χ4v) is 2.74. The highest BCUT2D eigenvalue weighted by Crippen LogP contribution is 2.31. The van der Waals surface area contributed by atoms with Crippen LogP contribution in [0.4, 0.5) is 18.9 Å². The molecule has 30 heavy (non-hydrogen) atoms. The zero-order valence-corrected chi connectivity index (χ0v) is 16.8. The number of methoxy groups -OCH3 is 1. The number of halogens is 3. The number of alkyl halides is 3. The first kappa shape index (κ1) is 23.5. The highest BCUT2D eigenvalue weighted by molar-refractivity contribution is 5.92. The molecule has 0 spiro atoms. The Morgan fingerprint density at radius 3 is 2.60 bits per heavy atom. The van der Waals surface area contributed by atoms with Gasteiger partial charge in [0.25, 0.3) is 5.91 Å². The summed E-state index contributed by atoms with van der Waals surface area (Å²) in [7, 11) is 1.47. The Morgan fingerprint density at radius 2 is 1.97 bits per heavy atom. The maximum Gasteiger partial charge on any atom is 0.416 e. The van der Waals surface area contributed by atoms with E-state index in [1.165, 1.54) is 19.2 Å². The highest BCUT2D eigenvalue weighted by atomic mass is 19.4. The van der Waals surface area contributed by atoms with Crippen LogP contribution in [0.15, 0.2) is 42.5 Å². The van der Waals surface area contributed by atoms with Crippen molar-refractivity contribution in [2.24, 2.45) is 0 Å². The van der Waals surface area contributed by atoms with Gasteiger partial charge in [-0.2, -0.15) is 13.2 Å². The van der Waals surface area contributed by atoms with E-state index in [1.807, 2.05) is 18.3 Å². The van der Waals surface area contributed by atoms with E-state index < -0.39 is 17.6 Å². The molecule has 2 aromatic rings. The molecular weight excluding hydrogens is 401 g/mol. The van der Waals surface area contributed by atoms with E-state index in [2.05, 4.69) is 5.32 Å². The van der Waals surface area contributed by atoms with Crippen LogP contribution < -0.4 is 20.1 Å². The van der Waals surface area contributed by atoms with E-state index in [4.69, 9.17) is 9.47 Å². The molecule has 2 aromatic carbocycles. The van der Waals surface area contributed by atoms with Crippen molar-refractivity contribution in [2.45, 2.75) is 32.1 Å². The molecule has 0 bridgehead atoms. The number of nitrogens with two attached hydrogens (primary N) is 1. The van der Waals surface area contributed by atoms with E-state index in [-0.39, 0.29) is 24.9 Å². The Hall–Kier alpha value is -2.78. The molecule has 0 unspecified atom stereocenters. The first-order valence-corrected chi connectivity index (χ1v) is 9.47. The summed E-state index contributed by atoms with van der Waals surface area (Å²) in [6.07, 6.45) is -3.64. The summed E-state index contributed by atoms with van der Waals surface area (Å²) in [5, 5.41) is 13.7. The maximum absolute atomic E-state index is 12.8. The number of ether oxygens (including phenoxy) is 2. The molecular formula is C21H26F3N2O4+. The summed E-state index contributed by atoms with van der Waals surface area (Å²) in [6, 6.07) is 9.77. The molecule has 0 fully saturated rings. The van der Waals surface area contributed by atoms with Crippen molar-refractivity contribution in [2.75, 3.05) is 25.6 Å². The number of aliphatic hydroxyl groups is 1. The summed E-state index contributed by atoms with van der Waals surface area (Å²) in [5.74, 6) is 0.182. The summed E-state index contributed by atoms with van der Waals surface area (Å²) in [6.45, 7) is 2.35. The number of nitrogens with one attached hydrogen (secondary N) is 1. The van der Waals surface area contributed by atoms with Gasteiger partial charge >= 0.3 is 6.18 Å². The average Bonchev–Trinajstić information content (AvgIpc) is 2.72. The number of benzene rings is 2. The van der Waals surface area contributed by atoms with Gasteiger partial charge in [0.1, 0.15) is 12.6 Å². The van der Waals surface area contributed by atoms with Crippen LogP contribution in [0.1, 0.15) is 24.5 Å². The average molecular weight is 427 g/mol. The summed E-state index contributed by atoms with van der Waals surface area (Å²) in [5.41, 5.74) is 0.145. The van der Waals surface area contributed by atoms with Crippen LogP contribution in [0.2, 0.25) is 0 Å². The fraction of sp³-hybridized carbons (Fsp3) is 0.381. The van der Waals surface area contributed by atoms with Crippen molar-refractivity contribution in [3.8, 4) is 11.5 Å². The molecule has 0 aliphatic rings. The quantitative estimate of drug-likeness (QED) is 0.544. The number of amides is 1. The van der Waals surface area contributed by atoms with Crippen LogP contribution in [0.5, 0.6) is 11.5 Å². The zero-order valence-electron chi connectivity index (χ0n) is 16.8. The topological polar surface area (TPSA) is 84.4 Å². The first-order chi connectivity index (χ1) is 14.3. The van der Waals surface area contributed by atoms with Gasteiger partial charge in [0, 0.05) is 11.3 Å². The second-order valence-electron chi connectivity index (χ2n) is 6.69. The van der Waals surface area contributed by atoms with E-state index >= 15 is 0 Å². The summed E-state index contributed by atoms with van der Waals surface area (Å²) < 4.78 is 49.1. The van der Waals surface area contributed by atoms with Crippen LogP contribution >= 0.6 is 0 Å². The smallest absolute Gasteiger partial charge is 0.416 e. The molecule has 1 amide bonds. The van der Waals surface area contributed by atoms with E-state index in [0.29, 0.717) is 18.0 Å². The van der Waals surface area contributed by atoms with Crippen LogP contribution in [-0.4, -0.2) is 37.4 Å². The molecule has 0 saturated carbocycles. The lowest BCUT2D eigenvalue weighted by molar-refractivity contribution is -0.706. The highest BCUT2D eigenvalue weighted by Gasteiger charge is 2.30. The Kier molecular flexibility index (Phi) is 8.49. The van der Waals surface area contributed by atoms with Gasteiger partial charge in [-0.05, 0) is 42.8 Å². The van der Waals surface area contributed by atoms with Gasteiger partial charge in [-0.25, -0.2) is 0 Å². The predicted octanol–water partition coefficient (Wildman–Crippen LogP) is 2.57. The van der Waals surface area contributed by atoms with Crippen molar-refractivity contribution >= 4 is 11.6 Å². The summed E-state index contributed by atoms with van der Waals surface area (Å²) >= 11 is 0. The number of quaternary nitrogens is 1. The molecule has 2 rings (SSSR count). The predicted molar refractivity (Wildman–Crippen MR) is 105 cm³/mol. The number of rotatable bonds is 10. The van der Waals surface area contributed by atoms with Crippen molar-refractivity contribution < 1.29 is 37.9 Å². The molecule has 1 atom stereocenters. The molecule has 0 saturated heterocycles. The van der Waals surface area contributed by atoms with Crippen LogP contribution in [-0.2, 0) is 17.5 Å². The minimum atomic E-state index is -4.49. The second kappa shape index (κ2) is 10.8. The van der Waals surface area contributed by atoms with Gasteiger partial charge in [-0.1, -0.05) is 13.0 Å². The molecule has 6 nitrogen and oxygen atoms in total. The first-order valence-electron chi connectivity index (χ1n) is 9.47. The molecule has 0 aromatic heterocycles. The number of anilines is 1. The number of hydrogen-bond donors (Lipinski definition) is 3. The molecule has 164 valence electrons. The summed E-state index contributed by atoms with van der Waals surface area (Å²) in [4.78, 5) is 12.1. The second-order valence-corrected chi connectivity index (χ2v) is 6.69. The minimum absolute atomic E-state index is 0.0330. The lowest BCUT2D eigenvalue weighted by Gasteiger charge is -2.14. The number of hydrogen-bond acceptors (Lipinski definition) is 4. The molecule has 0 aliphatic heterocycles. The van der Waals surface area contributed by atoms with Crippen LogP contribution in [0.25, 0.3) is 0 Å². The molecule has 9 heteroatoms. The third-order valence-electron chi connectivity index (χ3n) is 4.51. The lowest BCUT2D eigenvalue weighted by Crippen LogP contribution is -2.89. The molecule has 0 heterocycles. The Morgan fingerprint density at radius 1 is 1.20 bits per heavy atom. The van der Waals surface area contributed by atoms with Crippen molar-refractivity contribution in [3.63, 3.8) is 0 Å². The van der Waals surface area contributed by atoms with Crippen molar-refractivity contribution in [1.82, 2.24) is 0 Å². The monoisotopic (exact) mass is 427 g/mol. The Bertz CT molecular complexity index is 839. The Balaban J connectivity index is 1.95. The van der Waals surface area contributed by atoms with Crippen LogP contribution in [0, 0.1) is 0 Å². The lowest BCUT2D eigenvalue weighted by atomic mass is 10.1. The van der Waals surface area contributed by atoms with Gasteiger partial charge in [-0.3, -0.25) is 4.79 Å². The van der Waals surface area contributed by atoms with Crippen LogP contribution in [0.3, 0.4) is 0 Å². The molecule has 0 radical (unpaired) electrons. The van der Waals surface area contributed by atoms with E-state index in [0.717, 1.165) is 24.1 Å². The van der Waals surface area contributed by atoms with Gasteiger partial charge in [0.2, 0.25) is 0 Å². The molecule has 0 aliphatic carbocycles. The third kappa shape index (κ3) is 6.93. The van der Waals surface area contributed by atoms with Crippen molar-refractivity contribution in [1.29, 1.82) is 0 Å². The van der Waals surface area contributed by atoms with Gasteiger partial charge in [0.15, 0.2) is 18.1 Å². The van der Waals surface area contributed by atoms with E-state index in [9.17, 15) is 23.1 Å². The van der Waals surface area contributed by atoms with Gasteiger partial charge in [-0.15, -0.1) is 0 Å². The number of aliphatic hydroxyl groups excluding tert-OH is 1. The third-order valence-corrected chi connectivity index (χ3v) is 4.51. The van der Waals surface area contributed by atoms with E-state index in [1.54, 1.807) is 12.1 Å². The SMILES string of the molecule is CC[C@H](CO)[NH2+]Cc1ccc(OCC(=O)Nc2cccc(C(F)(F)F)c2)c(OC)c1. The zero-order chi connectivity index (χ0) is 22.1. The fourth-order valence-electron chi connectivity index (χ4n) is 2.74. The van der Waals surface area contributed by atoms with Gasteiger partial charge in [0.05, 0.1) is 19.3 Å². The number of carbonyl (C=O) groups excluding carboxylic acids is 1. The van der Waals surface area contributed by atoms with Crippen molar-refractivity contribution in [3.05, 3.63) is 53.6 Å². The Labute approximate surface area is 173 Å². The maximum atomic E-state index is 12.8. The molecule has 4 N–H and O–H groups in total. The van der Waals surface area contributed by atoms with Gasteiger partial charge < -0.3 is 25.2 Å². The number of carbonyl (C=O) groups is 1. The largest absolute Gasteiger partial charge is 0.493 e. The minimum Gasteiger partial charge on any atom is -0.493 e. The standard InChI is InChI=1S/C21H25F3N2O4/c1-3-16(12-27)25-11-14-7-8-18(19(9-14)29-2)30-13-20(28)26-17-6-4-5-15(10-17)21(22,23)24/h4-10,16,25,27H,3,11-13H2,1-2H3,(H,26,28)/p+1/t16-/m1/s1.